The molecule has 1 amide bonds. The summed E-state index contributed by atoms with van der Waals surface area (Å²) in [5.41, 5.74) is -0.139. The number of methoxy groups -OCH3 is 1. The van der Waals surface area contributed by atoms with Crippen LogP contribution in [0.1, 0.15) is 5.56 Å². The van der Waals surface area contributed by atoms with Crippen molar-refractivity contribution in [1.82, 2.24) is 0 Å². The largest absolute Gasteiger partial charge is 0.497 e. The molecular formula is C23H16N4O7. The van der Waals surface area contributed by atoms with Gasteiger partial charge in [0.2, 0.25) is 5.75 Å². The minimum absolute atomic E-state index is 0.143. The number of hydrogen-bond acceptors (Lipinski definition) is 8. The van der Waals surface area contributed by atoms with Gasteiger partial charge in [-0.3, -0.25) is 25.0 Å². The highest BCUT2D eigenvalue weighted by molar-refractivity contribution is 6.09. The van der Waals surface area contributed by atoms with Crippen molar-refractivity contribution in [3.05, 3.63) is 98.1 Å². The lowest BCUT2D eigenvalue weighted by molar-refractivity contribution is -0.394. The number of carbonyl (C=O) groups is 1. The zero-order valence-corrected chi connectivity index (χ0v) is 17.6. The third kappa shape index (κ3) is 5.71. The minimum atomic E-state index is -0.778. The first-order chi connectivity index (χ1) is 16.3. The van der Waals surface area contributed by atoms with E-state index in [1.54, 1.807) is 36.4 Å². The Hall–Kier alpha value is -5.24. The van der Waals surface area contributed by atoms with Crippen molar-refractivity contribution in [3.8, 4) is 23.3 Å². The van der Waals surface area contributed by atoms with Crippen LogP contribution in [-0.2, 0) is 4.79 Å². The summed E-state index contributed by atoms with van der Waals surface area (Å²) in [6, 6.07) is 17.5. The lowest BCUT2D eigenvalue weighted by atomic mass is 10.1. The maximum atomic E-state index is 12.4. The number of nitrogens with zero attached hydrogens (tertiary/aromatic N) is 3. The Balaban J connectivity index is 1.75. The van der Waals surface area contributed by atoms with Gasteiger partial charge in [0.25, 0.3) is 11.6 Å². The second-order valence-corrected chi connectivity index (χ2v) is 6.69. The molecule has 0 radical (unpaired) electrons. The smallest absolute Gasteiger partial charge is 0.318 e. The summed E-state index contributed by atoms with van der Waals surface area (Å²) in [5, 5.41) is 34.1. The molecule has 0 atom stereocenters. The lowest BCUT2D eigenvalue weighted by Gasteiger charge is -2.07. The number of amides is 1. The van der Waals surface area contributed by atoms with Gasteiger partial charge < -0.3 is 14.8 Å². The number of rotatable bonds is 8. The summed E-state index contributed by atoms with van der Waals surface area (Å²) in [6.45, 7) is 0. The van der Waals surface area contributed by atoms with Crippen molar-refractivity contribution in [2.24, 2.45) is 0 Å². The Kier molecular flexibility index (Phi) is 7.15. The molecule has 0 aromatic heterocycles. The molecule has 3 rings (SSSR count). The standard InChI is InChI=1S/C23H16N4O7/c1-33-19-9-4-17(5-10-19)25-23(28)16(14-24)12-15-2-7-20(8-3-15)34-22-11-6-18(26(29)30)13-21(22)27(31)32/h2-13H,1H3,(H,25,28)/b16-12-. The molecule has 34 heavy (non-hydrogen) atoms. The third-order valence-electron chi connectivity index (χ3n) is 4.48. The van der Waals surface area contributed by atoms with Gasteiger partial charge in [-0.1, -0.05) is 12.1 Å². The van der Waals surface area contributed by atoms with Crippen LogP contribution >= 0.6 is 0 Å². The van der Waals surface area contributed by atoms with Crippen molar-refractivity contribution in [1.29, 1.82) is 5.26 Å². The van der Waals surface area contributed by atoms with Crippen LogP contribution in [0.5, 0.6) is 17.2 Å². The molecule has 3 aromatic carbocycles. The number of anilines is 1. The summed E-state index contributed by atoms with van der Waals surface area (Å²) in [4.78, 5) is 33.0. The van der Waals surface area contributed by atoms with Gasteiger partial charge in [-0.2, -0.15) is 5.26 Å². The van der Waals surface area contributed by atoms with E-state index in [9.17, 15) is 30.3 Å². The molecule has 3 aromatic rings. The fourth-order valence-electron chi connectivity index (χ4n) is 2.80. The zero-order chi connectivity index (χ0) is 24.7. The number of nitro benzene ring substituents is 2. The second-order valence-electron chi connectivity index (χ2n) is 6.69. The van der Waals surface area contributed by atoms with E-state index in [-0.39, 0.29) is 17.1 Å². The summed E-state index contributed by atoms with van der Waals surface area (Å²) >= 11 is 0. The van der Waals surface area contributed by atoms with Crippen molar-refractivity contribution in [2.75, 3.05) is 12.4 Å². The Morgan fingerprint density at radius 2 is 1.62 bits per heavy atom. The minimum Gasteiger partial charge on any atom is -0.497 e. The highest BCUT2D eigenvalue weighted by atomic mass is 16.6. The molecule has 11 nitrogen and oxygen atoms in total. The summed E-state index contributed by atoms with van der Waals surface area (Å²) in [6.07, 6.45) is 1.37. The van der Waals surface area contributed by atoms with Crippen LogP contribution in [0.3, 0.4) is 0 Å². The topological polar surface area (TPSA) is 158 Å². The van der Waals surface area contributed by atoms with Crippen LogP contribution < -0.4 is 14.8 Å². The second kappa shape index (κ2) is 10.4. The van der Waals surface area contributed by atoms with Crippen LogP contribution in [0, 0.1) is 31.6 Å². The molecule has 0 saturated heterocycles. The molecule has 0 saturated carbocycles. The average Bonchev–Trinajstić information content (AvgIpc) is 2.83. The molecule has 0 spiro atoms. The Morgan fingerprint density at radius 1 is 0.971 bits per heavy atom. The van der Waals surface area contributed by atoms with Crippen LogP contribution in [0.2, 0.25) is 0 Å². The molecule has 0 aliphatic heterocycles. The van der Waals surface area contributed by atoms with Crippen LogP contribution in [-0.4, -0.2) is 22.9 Å². The molecule has 170 valence electrons. The summed E-state index contributed by atoms with van der Waals surface area (Å²) in [7, 11) is 1.52. The van der Waals surface area contributed by atoms with Gasteiger partial charge in [-0.25, -0.2) is 0 Å². The van der Waals surface area contributed by atoms with E-state index in [1.807, 2.05) is 6.07 Å². The fraction of sp³-hybridized carbons (Fsp3) is 0.0435. The average molecular weight is 460 g/mol. The van der Waals surface area contributed by atoms with Crippen molar-refractivity contribution in [2.45, 2.75) is 0 Å². The van der Waals surface area contributed by atoms with Gasteiger partial charge in [0.15, 0.2) is 0 Å². The Labute approximate surface area is 192 Å². The van der Waals surface area contributed by atoms with Gasteiger partial charge in [0, 0.05) is 11.8 Å². The van der Waals surface area contributed by atoms with Gasteiger partial charge in [0.1, 0.15) is 23.1 Å². The number of hydrogen-bond donors (Lipinski definition) is 1. The predicted octanol–water partition coefficient (Wildman–Crippen LogP) is 4.85. The highest BCUT2D eigenvalue weighted by Gasteiger charge is 2.21. The molecule has 0 fully saturated rings. The number of ether oxygens (including phenoxy) is 2. The van der Waals surface area contributed by atoms with Crippen molar-refractivity contribution >= 4 is 29.0 Å². The van der Waals surface area contributed by atoms with E-state index in [2.05, 4.69) is 5.32 Å². The number of carbonyl (C=O) groups excluding carboxylic acids is 1. The van der Waals surface area contributed by atoms with Crippen LogP contribution in [0.15, 0.2) is 72.3 Å². The van der Waals surface area contributed by atoms with Crippen LogP contribution in [0.4, 0.5) is 17.1 Å². The highest BCUT2D eigenvalue weighted by Crippen LogP contribution is 2.34. The van der Waals surface area contributed by atoms with Crippen molar-refractivity contribution < 1.29 is 24.1 Å². The van der Waals surface area contributed by atoms with E-state index < -0.39 is 27.1 Å². The van der Waals surface area contributed by atoms with Gasteiger partial charge in [-0.05, 0) is 54.1 Å². The lowest BCUT2D eigenvalue weighted by Crippen LogP contribution is -2.13. The maximum absolute atomic E-state index is 12.4. The van der Waals surface area contributed by atoms with E-state index in [1.165, 1.54) is 25.3 Å². The van der Waals surface area contributed by atoms with Crippen LogP contribution in [0.25, 0.3) is 6.08 Å². The third-order valence-corrected chi connectivity index (χ3v) is 4.48. The Morgan fingerprint density at radius 3 is 2.18 bits per heavy atom. The molecular weight excluding hydrogens is 444 g/mol. The van der Waals surface area contributed by atoms with E-state index in [0.29, 0.717) is 17.0 Å². The first kappa shape index (κ1) is 23.4. The molecule has 0 aliphatic carbocycles. The van der Waals surface area contributed by atoms with Gasteiger partial charge in [0.05, 0.1) is 23.0 Å². The molecule has 1 N–H and O–H groups in total. The first-order valence-corrected chi connectivity index (χ1v) is 9.58. The molecule has 11 heteroatoms. The molecule has 0 unspecified atom stereocenters. The number of nitrogens with one attached hydrogen (secondary N) is 1. The SMILES string of the molecule is COc1ccc(NC(=O)/C(C#N)=C\c2ccc(Oc3ccc([N+](=O)[O-])cc3[N+](=O)[O-])cc2)cc1. The fourth-order valence-corrected chi connectivity index (χ4v) is 2.80. The maximum Gasteiger partial charge on any atom is 0.318 e. The number of non-ortho nitro benzene ring substituents is 1. The van der Waals surface area contributed by atoms with E-state index in [0.717, 1.165) is 18.2 Å². The monoisotopic (exact) mass is 460 g/mol. The number of nitro groups is 2. The van der Waals surface area contributed by atoms with Gasteiger partial charge in [-0.15, -0.1) is 0 Å². The van der Waals surface area contributed by atoms with Gasteiger partial charge >= 0.3 is 5.69 Å². The summed E-state index contributed by atoms with van der Waals surface area (Å²) in [5.74, 6) is 0.0654. The van der Waals surface area contributed by atoms with E-state index in [4.69, 9.17) is 9.47 Å². The predicted molar refractivity (Wildman–Crippen MR) is 121 cm³/mol. The number of nitriles is 1. The molecule has 0 aliphatic rings. The first-order valence-electron chi connectivity index (χ1n) is 9.58. The zero-order valence-electron chi connectivity index (χ0n) is 17.6. The molecule has 0 heterocycles. The van der Waals surface area contributed by atoms with E-state index >= 15 is 0 Å². The number of benzene rings is 3. The quantitative estimate of drug-likeness (QED) is 0.216. The Bertz CT molecular complexity index is 1310. The van der Waals surface area contributed by atoms with Crippen molar-refractivity contribution in [3.63, 3.8) is 0 Å². The normalized spacial score (nSPS) is 10.6. The summed E-state index contributed by atoms with van der Waals surface area (Å²) < 4.78 is 10.6. The molecule has 0 bridgehead atoms.